The molecule has 1 aromatic rings. The summed E-state index contributed by atoms with van der Waals surface area (Å²) in [6.07, 6.45) is 12.8. The van der Waals surface area contributed by atoms with Gasteiger partial charge in [-0.1, -0.05) is 86.0 Å². The largest absolute Gasteiger partial charge is 0.192 e. The Morgan fingerprint density at radius 3 is 1.00 bits per heavy atom. The topological polar surface area (TPSA) is 23.8 Å². The second-order valence-electron chi connectivity index (χ2n) is 6.45. The SMILES string of the molecule is CCP(CC)CC.CCP(CC)CC.CCP(CC)CC.N#Cc1ccccc1Cl.[W]. The second-order valence-corrected chi connectivity index (χ2v) is 16.6. The maximum Gasteiger partial charge on any atom is 0.101 e. The maximum absolute atomic E-state index is 8.38. The summed E-state index contributed by atoms with van der Waals surface area (Å²) in [6.45, 7) is 20.6. The Hall–Kier alpha value is 0.978. The summed E-state index contributed by atoms with van der Waals surface area (Å²) >= 11 is 5.60. The molecule has 0 N–H and O–H groups in total. The third-order valence-electron chi connectivity index (χ3n) is 5.02. The molecule has 182 valence electrons. The van der Waals surface area contributed by atoms with E-state index in [2.05, 4.69) is 62.3 Å². The van der Waals surface area contributed by atoms with Crippen molar-refractivity contribution >= 4 is 35.4 Å². The average Bonchev–Trinajstić information content (AvgIpc) is 2.79. The standard InChI is InChI=1S/C7H4ClN.3C6H15P.W/c8-7-4-2-1-3-6(7)5-9;3*1-4-7(5-2)6-3;/h1-4H;3*4-6H2,1-3H3;. The van der Waals surface area contributed by atoms with E-state index < -0.39 is 0 Å². The Bertz CT molecular complexity index is 455. The molecule has 1 nitrogen and oxygen atoms in total. The number of nitrogens with zero attached hydrogens (tertiary/aromatic N) is 1. The molecule has 6 heteroatoms. The molecular formula is C25H49ClNP3W. The van der Waals surface area contributed by atoms with Gasteiger partial charge in [-0.2, -0.15) is 5.26 Å². The molecule has 0 fully saturated rings. The molecule has 0 bridgehead atoms. The van der Waals surface area contributed by atoms with E-state index in [4.69, 9.17) is 16.9 Å². The van der Waals surface area contributed by atoms with Gasteiger partial charge in [-0.05, 0) is 67.6 Å². The fraction of sp³-hybridized carbons (Fsp3) is 0.720. The van der Waals surface area contributed by atoms with Crippen molar-refractivity contribution in [2.45, 2.75) is 62.3 Å². The fourth-order valence-corrected chi connectivity index (χ4v) is 6.77. The van der Waals surface area contributed by atoms with Crippen molar-refractivity contribution in [2.75, 3.05) is 55.5 Å². The van der Waals surface area contributed by atoms with Crippen molar-refractivity contribution in [3.8, 4) is 6.07 Å². The van der Waals surface area contributed by atoms with Crippen molar-refractivity contribution in [3.05, 3.63) is 34.9 Å². The molecule has 0 heterocycles. The molecule has 1 rings (SSSR count). The monoisotopic (exact) mass is 675 g/mol. The van der Waals surface area contributed by atoms with Gasteiger partial charge >= 0.3 is 0 Å². The van der Waals surface area contributed by atoms with Gasteiger partial charge in [0.25, 0.3) is 0 Å². The van der Waals surface area contributed by atoms with Crippen LogP contribution < -0.4 is 0 Å². The van der Waals surface area contributed by atoms with E-state index in [1.165, 1.54) is 55.5 Å². The number of halogens is 1. The quantitative estimate of drug-likeness (QED) is 0.239. The van der Waals surface area contributed by atoms with Gasteiger partial charge in [0.15, 0.2) is 0 Å². The molecule has 0 atom stereocenters. The van der Waals surface area contributed by atoms with Crippen LogP contribution in [0.2, 0.25) is 5.02 Å². The van der Waals surface area contributed by atoms with E-state index in [0.717, 1.165) is 0 Å². The number of hydrogen-bond acceptors (Lipinski definition) is 1. The smallest absolute Gasteiger partial charge is 0.101 e. The van der Waals surface area contributed by atoms with Gasteiger partial charge in [0.1, 0.15) is 6.07 Å². The van der Waals surface area contributed by atoms with E-state index in [1.807, 2.05) is 6.07 Å². The van der Waals surface area contributed by atoms with Crippen LogP contribution in [-0.2, 0) is 21.1 Å². The van der Waals surface area contributed by atoms with Crippen molar-refractivity contribution in [2.24, 2.45) is 0 Å². The summed E-state index contributed by atoms with van der Waals surface area (Å²) in [4.78, 5) is 0. The predicted molar refractivity (Wildman–Crippen MR) is 152 cm³/mol. The Balaban J connectivity index is -0.000000156. The Morgan fingerprint density at radius 2 is 0.871 bits per heavy atom. The van der Waals surface area contributed by atoms with Crippen LogP contribution in [0, 0.1) is 11.3 Å². The summed E-state index contributed by atoms with van der Waals surface area (Å²) < 4.78 is 0. The Labute approximate surface area is 219 Å². The van der Waals surface area contributed by atoms with Crippen LogP contribution in [0.4, 0.5) is 0 Å². The van der Waals surface area contributed by atoms with Gasteiger partial charge in [-0.3, -0.25) is 0 Å². The average molecular weight is 676 g/mol. The van der Waals surface area contributed by atoms with Gasteiger partial charge in [0.05, 0.1) is 10.6 Å². The normalized spacial score (nSPS) is 9.42. The minimum absolute atomic E-state index is 0. The summed E-state index contributed by atoms with van der Waals surface area (Å²) in [6, 6.07) is 8.92. The number of hydrogen-bond donors (Lipinski definition) is 0. The Kier molecular flexibility index (Phi) is 39.2. The second kappa shape index (κ2) is 31.0. The zero-order valence-electron chi connectivity index (χ0n) is 21.7. The molecule has 1 aromatic carbocycles. The molecule has 0 aliphatic carbocycles. The zero-order valence-corrected chi connectivity index (χ0v) is 28.1. The predicted octanol–water partition coefficient (Wildman–Crippen LogP) is 9.79. The van der Waals surface area contributed by atoms with Gasteiger partial charge in [0.2, 0.25) is 0 Å². The molecule has 0 aromatic heterocycles. The summed E-state index contributed by atoms with van der Waals surface area (Å²) in [7, 11) is 1.34. The number of nitriles is 1. The number of rotatable bonds is 9. The minimum Gasteiger partial charge on any atom is -0.192 e. The van der Waals surface area contributed by atoms with Crippen LogP contribution in [0.25, 0.3) is 0 Å². The molecule has 0 spiro atoms. The molecule has 0 saturated heterocycles. The first-order chi connectivity index (χ1) is 14.4. The summed E-state index contributed by atoms with van der Waals surface area (Å²) in [5.41, 5.74) is 0.527. The number of benzene rings is 1. The van der Waals surface area contributed by atoms with Crippen molar-refractivity contribution in [1.82, 2.24) is 0 Å². The van der Waals surface area contributed by atoms with E-state index >= 15 is 0 Å². The molecule has 0 radical (unpaired) electrons. The van der Waals surface area contributed by atoms with Crippen LogP contribution >= 0.6 is 35.4 Å². The Morgan fingerprint density at radius 1 is 0.613 bits per heavy atom. The van der Waals surface area contributed by atoms with Crippen LogP contribution in [0.3, 0.4) is 0 Å². The van der Waals surface area contributed by atoms with Crippen molar-refractivity contribution in [1.29, 1.82) is 5.26 Å². The molecule has 0 saturated carbocycles. The van der Waals surface area contributed by atoms with Crippen LogP contribution in [0.1, 0.15) is 67.9 Å². The van der Waals surface area contributed by atoms with Crippen LogP contribution in [0.5, 0.6) is 0 Å². The molecule has 0 aliphatic rings. The molecule has 0 aliphatic heterocycles. The van der Waals surface area contributed by atoms with E-state index in [-0.39, 0.29) is 21.1 Å². The maximum atomic E-state index is 8.38. The zero-order chi connectivity index (χ0) is 23.8. The van der Waals surface area contributed by atoms with E-state index in [1.54, 1.807) is 24.3 Å². The first-order valence-electron chi connectivity index (χ1n) is 11.7. The molecule has 31 heavy (non-hydrogen) atoms. The molecule has 0 amide bonds. The van der Waals surface area contributed by atoms with Gasteiger partial charge < -0.3 is 0 Å². The summed E-state index contributed by atoms with van der Waals surface area (Å²) in [5, 5.41) is 8.90. The fourth-order valence-electron chi connectivity index (χ4n) is 2.56. The van der Waals surface area contributed by atoms with Crippen molar-refractivity contribution in [3.63, 3.8) is 0 Å². The van der Waals surface area contributed by atoms with Crippen LogP contribution in [-0.4, -0.2) is 55.5 Å². The third kappa shape index (κ3) is 25.4. The first-order valence-corrected chi connectivity index (χ1v) is 17.8. The summed E-state index contributed by atoms with van der Waals surface area (Å²) in [5.74, 6) is 0. The van der Waals surface area contributed by atoms with Gasteiger partial charge in [0, 0.05) is 21.1 Å². The minimum atomic E-state index is 0. The van der Waals surface area contributed by atoms with E-state index in [9.17, 15) is 0 Å². The van der Waals surface area contributed by atoms with Crippen molar-refractivity contribution < 1.29 is 21.1 Å². The molecular weight excluding hydrogens is 626 g/mol. The van der Waals surface area contributed by atoms with E-state index in [0.29, 0.717) is 34.4 Å². The molecule has 0 unspecified atom stereocenters. The van der Waals surface area contributed by atoms with Gasteiger partial charge in [-0.15, -0.1) is 23.8 Å². The van der Waals surface area contributed by atoms with Crippen LogP contribution in [0.15, 0.2) is 24.3 Å². The van der Waals surface area contributed by atoms with Gasteiger partial charge in [-0.25, -0.2) is 0 Å². The third-order valence-corrected chi connectivity index (χ3v) is 13.4. The first kappa shape index (κ1) is 39.2.